The molecule has 0 spiro atoms. The molecule has 0 bridgehead atoms. The van der Waals surface area contributed by atoms with Gasteiger partial charge in [-0.3, -0.25) is 0 Å². The minimum atomic E-state index is 0.0125. The number of hydrogen-bond acceptors (Lipinski definition) is 4. The van der Waals surface area contributed by atoms with Crippen LogP contribution in [0.2, 0.25) is 0 Å². The first-order valence-electron chi connectivity index (χ1n) is 6.01. The maximum absolute atomic E-state index is 9.46. The molecule has 1 aromatic rings. The van der Waals surface area contributed by atoms with Gasteiger partial charge in [-0.05, 0) is 26.2 Å². The molecular formula is C12H20N2OS. The fraction of sp³-hybridized carbons (Fsp3) is 0.750. The van der Waals surface area contributed by atoms with Gasteiger partial charge in [0, 0.05) is 17.0 Å². The normalized spacial score (nSPS) is 19.1. The first-order valence-corrected chi connectivity index (χ1v) is 6.89. The summed E-state index contributed by atoms with van der Waals surface area (Å²) in [4.78, 5) is 5.61. The average molecular weight is 240 g/mol. The SMILES string of the molecule is Cc1ncsc1CCNC1(CO)CCCC1. The zero-order chi connectivity index (χ0) is 11.4. The van der Waals surface area contributed by atoms with Gasteiger partial charge in [0.2, 0.25) is 0 Å². The van der Waals surface area contributed by atoms with Crippen LogP contribution in [0.15, 0.2) is 5.51 Å². The summed E-state index contributed by atoms with van der Waals surface area (Å²) in [6.07, 6.45) is 5.74. The van der Waals surface area contributed by atoms with E-state index in [2.05, 4.69) is 17.2 Å². The topological polar surface area (TPSA) is 45.2 Å². The lowest BCUT2D eigenvalue weighted by Gasteiger charge is -2.28. The van der Waals surface area contributed by atoms with Gasteiger partial charge in [-0.15, -0.1) is 11.3 Å². The van der Waals surface area contributed by atoms with Gasteiger partial charge < -0.3 is 10.4 Å². The van der Waals surface area contributed by atoms with Crippen LogP contribution in [0.1, 0.15) is 36.3 Å². The van der Waals surface area contributed by atoms with Gasteiger partial charge in [0.15, 0.2) is 0 Å². The lowest BCUT2D eigenvalue weighted by atomic mass is 9.99. The maximum atomic E-state index is 9.46. The molecule has 1 aliphatic carbocycles. The standard InChI is InChI=1S/C12H20N2OS/c1-10-11(16-9-13-10)4-7-14-12(8-15)5-2-3-6-12/h9,14-15H,2-8H2,1H3. The average Bonchev–Trinajstić information content (AvgIpc) is 2.90. The third kappa shape index (κ3) is 2.62. The van der Waals surface area contributed by atoms with Crippen molar-refractivity contribution in [3.05, 3.63) is 16.1 Å². The van der Waals surface area contributed by atoms with Crippen molar-refractivity contribution in [3.8, 4) is 0 Å². The summed E-state index contributed by atoms with van der Waals surface area (Å²) in [7, 11) is 0. The Labute approximate surface area is 101 Å². The van der Waals surface area contributed by atoms with E-state index in [1.807, 2.05) is 5.51 Å². The number of rotatable bonds is 5. The van der Waals surface area contributed by atoms with Crippen LogP contribution in [0.25, 0.3) is 0 Å². The Morgan fingerprint density at radius 3 is 2.81 bits per heavy atom. The van der Waals surface area contributed by atoms with Crippen molar-refractivity contribution in [1.82, 2.24) is 10.3 Å². The smallest absolute Gasteiger partial charge is 0.0797 e. The van der Waals surface area contributed by atoms with Crippen LogP contribution >= 0.6 is 11.3 Å². The van der Waals surface area contributed by atoms with Gasteiger partial charge in [0.1, 0.15) is 0 Å². The van der Waals surface area contributed by atoms with Gasteiger partial charge >= 0.3 is 0 Å². The van der Waals surface area contributed by atoms with E-state index in [4.69, 9.17) is 0 Å². The van der Waals surface area contributed by atoms with Crippen molar-refractivity contribution < 1.29 is 5.11 Å². The first kappa shape index (κ1) is 12.0. The second-order valence-corrected chi connectivity index (χ2v) is 5.62. The van der Waals surface area contributed by atoms with Crippen molar-refractivity contribution in [1.29, 1.82) is 0 Å². The molecule has 1 fully saturated rings. The third-order valence-electron chi connectivity index (χ3n) is 3.56. The molecule has 1 saturated carbocycles. The maximum Gasteiger partial charge on any atom is 0.0797 e. The van der Waals surface area contributed by atoms with Crippen molar-refractivity contribution in [3.63, 3.8) is 0 Å². The van der Waals surface area contributed by atoms with Crippen LogP contribution < -0.4 is 5.32 Å². The van der Waals surface area contributed by atoms with Crippen LogP contribution in [-0.2, 0) is 6.42 Å². The van der Waals surface area contributed by atoms with Crippen LogP contribution in [0, 0.1) is 6.92 Å². The molecule has 3 nitrogen and oxygen atoms in total. The van der Waals surface area contributed by atoms with Crippen molar-refractivity contribution >= 4 is 11.3 Å². The van der Waals surface area contributed by atoms with E-state index in [1.54, 1.807) is 11.3 Å². The second-order valence-electron chi connectivity index (χ2n) is 4.68. The van der Waals surface area contributed by atoms with Crippen LogP contribution in [0.5, 0.6) is 0 Å². The van der Waals surface area contributed by atoms with Gasteiger partial charge in [0.25, 0.3) is 0 Å². The van der Waals surface area contributed by atoms with Gasteiger partial charge in [0.05, 0.1) is 17.8 Å². The highest BCUT2D eigenvalue weighted by molar-refractivity contribution is 7.09. The summed E-state index contributed by atoms with van der Waals surface area (Å²) in [5.41, 5.74) is 3.07. The van der Waals surface area contributed by atoms with E-state index in [9.17, 15) is 5.11 Å². The van der Waals surface area contributed by atoms with Gasteiger partial charge in [-0.1, -0.05) is 12.8 Å². The van der Waals surface area contributed by atoms with Gasteiger partial charge in [-0.2, -0.15) is 0 Å². The molecule has 1 aliphatic rings. The summed E-state index contributed by atoms with van der Waals surface area (Å²) in [5.74, 6) is 0. The van der Waals surface area contributed by atoms with Crippen LogP contribution in [0.3, 0.4) is 0 Å². The van der Waals surface area contributed by atoms with Crippen molar-refractivity contribution in [2.75, 3.05) is 13.2 Å². The predicted octanol–water partition coefficient (Wildman–Crippen LogP) is 1.89. The third-order valence-corrected chi connectivity index (χ3v) is 4.56. The summed E-state index contributed by atoms with van der Waals surface area (Å²) in [5, 5.41) is 13.0. The highest BCUT2D eigenvalue weighted by Gasteiger charge is 2.32. The molecule has 4 heteroatoms. The zero-order valence-corrected chi connectivity index (χ0v) is 10.6. The van der Waals surface area contributed by atoms with Crippen LogP contribution in [0.4, 0.5) is 0 Å². The molecule has 0 aromatic carbocycles. The molecule has 2 rings (SSSR count). The molecule has 0 radical (unpaired) electrons. The number of nitrogens with one attached hydrogen (secondary N) is 1. The van der Waals surface area contributed by atoms with E-state index in [0.29, 0.717) is 0 Å². The molecule has 0 amide bonds. The van der Waals surface area contributed by atoms with Crippen molar-refractivity contribution in [2.45, 2.75) is 44.6 Å². The largest absolute Gasteiger partial charge is 0.394 e. The van der Waals surface area contributed by atoms with E-state index < -0.39 is 0 Å². The lowest BCUT2D eigenvalue weighted by Crippen LogP contribution is -2.46. The monoisotopic (exact) mass is 240 g/mol. The Bertz CT molecular complexity index is 332. The number of hydrogen-bond donors (Lipinski definition) is 2. The number of aliphatic hydroxyl groups is 1. The summed E-state index contributed by atoms with van der Waals surface area (Å²) >= 11 is 1.72. The molecule has 0 unspecified atom stereocenters. The Balaban J connectivity index is 1.81. The Morgan fingerprint density at radius 2 is 2.25 bits per heavy atom. The molecule has 1 heterocycles. The molecule has 90 valence electrons. The Hall–Kier alpha value is -0.450. The summed E-state index contributed by atoms with van der Waals surface area (Å²) in [6.45, 7) is 3.28. The van der Waals surface area contributed by atoms with E-state index in [1.165, 1.54) is 17.7 Å². The predicted molar refractivity (Wildman–Crippen MR) is 66.8 cm³/mol. The Morgan fingerprint density at radius 1 is 1.50 bits per heavy atom. The van der Waals surface area contributed by atoms with E-state index in [-0.39, 0.29) is 12.1 Å². The molecule has 16 heavy (non-hydrogen) atoms. The number of aliphatic hydroxyl groups excluding tert-OH is 1. The summed E-state index contributed by atoms with van der Waals surface area (Å²) < 4.78 is 0. The molecule has 0 aliphatic heterocycles. The quantitative estimate of drug-likeness (QED) is 0.826. The van der Waals surface area contributed by atoms with E-state index >= 15 is 0 Å². The fourth-order valence-electron chi connectivity index (χ4n) is 2.45. The molecule has 0 saturated heterocycles. The molecule has 0 atom stereocenters. The number of thiazole rings is 1. The van der Waals surface area contributed by atoms with Crippen LogP contribution in [-0.4, -0.2) is 28.8 Å². The lowest BCUT2D eigenvalue weighted by molar-refractivity contribution is 0.165. The fourth-order valence-corrected chi connectivity index (χ4v) is 3.23. The zero-order valence-electron chi connectivity index (χ0n) is 9.83. The Kier molecular flexibility index (Phi) is 3.95. The molecular weight excluding hydrogens is 220 g/mol. The highest BCUT2D eigenvalue weighted by atomic mass is 32.1. The first-order chi connectivity index (χ1) is 7.76. The minimum Gasteiger partial charge on any atom is -0.394 e. The second kappa shape index (κ2) is 5.25. The number of nitrogens with zero attached hydrogens (tertiary/aromatic N) is 1. The number of aromatic nitrogens is 1. The summed E-state index contributed by atoms with van der Waals surface area (Å²) in [6, 6.07) is 0. The number of aryl methyl sites for hydroxylation is 1. The molecule has 1 aromatic heterocycles. The molecule has 2 N–H and O–H groups in total. The van der Waals surface area contributed by atoms with Crippen molar-refractivity contribution in [2.24, 2.45) is 0 Å². The minimum absolute atomic E-state index is 0.0125. The van der Waals surface area contributed by atoms with Gasteiger partial charge in [-0.25, -0.2) is 4.98 Å². The highest BCUT2D eigenvalue weighted by Crippen LogP contribution is 2.29. The van der Waals surface area contributed by atoms with E-state index in [0.717, 1.165) is 31.5 Å².